The van der Waals surface area contributed by atoms with Crippen LogP contribution in [0.15, 0.2) is 0 Å². The SMILES string of the molecule is CCC1(COCCC[Si](C)(C)O[Si](C)(C)C)COC1. The fraction of sp³-hybridized carbons (Fsp3) is 1.00. The van der Waals surface area contributed by atoms with E-state index in [1.165, 1.54) is 6.04 Å². The Hall–Kier alpha value is 0.314. The Kier molecular flexibility index (Phi) is 6.26. The highest BCUT2D eigenvalue weighted by molar-refractivity contribution is 6.84. The monoisotopic (exact) mass is 304 g/mol. The predicted octanol–water partition coefficient (Wildman–Crippen LogP) is 3.88. The highest BCUT2D eigenvalue weighted by Gasteiger charge is 2.37. The van der Waals surface area contributed by atoms with Gasteiger partial charge in [-0.3, -0.25) is 0 Å². The molecule has 3 nitrogen and oxygen atoms in total. The van der Waals surface area contributed by atoms with Crippen LogP contribution in [0.3, 0.4) is 0 Å². The summed E-state index contributed by atoms with van der Waals surface area (Å²) in [5.41, 5.74) is 0.321. The van der Waals surface area contributed by atoms with Crippen LogP contribution in [0.25, 0.3) is 0 Å². The van der Waals surface area contributed by atoms with Gasteiger partial charge >= 0.3 is 0 Å². The van der Waals surface area contributed by atoms with E-state index in [0.29, 0.717) is 5.41 Å². The van der Waals surface area contributed by atoms with Gasteiger partial charge in [-0.2, -0.15) is 0 Å². The lowest BCUT2D eigenvalue weighted by Crippen LogP contribution is -2.46. The Morgan fingerprint density at radius 2 is 1.74 bits per heavy atom. The summed E-state index contributed by atoms with van der Waals surface area (Å²) in [6.45, 7) is 17.2. The zero-order valence-corrected chi connectivity index (χ0v) is 15.7. The zero-order chi connectivity index (χ0) is 14.6. The molecular weight excluding hydrogens is 272 g/mol. The maximum Gasteiger partial charge on any atom is 0.173 e. The normalized spacial score (nSPS) is 19.3. The lowest BCUT2D eigenvalue weighted by Gasteiger charge is -2.40. The molecule has 0 aromatic rings. The molecule has 1 saturated heterocycles. The summed E-state index contributed by atoms with van der Waals surface area (Å²) < 4.78 is 17.5. The molecule has 19 heavy (non-hydrogen) atoms. The Balaban J connectivity index is 2.13. The van der Waals surface area contributed by atoms with Crippen LogP contribution in [0, 0.1) is 5.41 Å². The van der Waals surface area contributed by atoms with Crippen LogP contribution in [-0.2, 0) is 13.6 Å². The summed E-state index contributed by atoms with van der Waals surface area (Å²) in [4.78, 5) is 0. The van der Waals surface area contributed by atoms with Crippen molar-refractivity contribution in [3.63, 3.8) is 0 Å². The third-order valence-electron chi connectivity index (χ3n) is 3.62. The smallest absolute Gasteiger partial charge is 0.173 e. The third kappa shape index (κ3) is 6.53. The van der Waals surface area contributed by atoms with E-state index in [1.807, 2.05) is 0 Å². The molecule has 0 amide bonds. The van der Waals surface area contributed by atoms with Crippen molar-refractivity contribution in [2.45, 2.75) is 58.5 Å². The first-order valence-electron chi connectivity index (χ1n) is 7.54. The molecule has 0 aromatic heterocycles. The molecule has 1 aliphatic rings. The van der Waals surface area contributed by atoms with Crippen LogP contribution >= 0.6 is 0 Å². The van der Waals surface area contributed by atoms with Crippen LogP contribution < -0.4 is 0 Å². The lowest BCUT2D eigenvalue weighted by molar-refractivity contribution is -0.150. The van der Waals surface area contributed by atoms with Crippen LogP contribution in [0.1, 0.15) is 19.8 Å². The molecule has 0 aliphatic carbocycles. The molecule has 114 valence electrons. The molecule has 1 heterocycles. The molecule has 0 N–H and O–H groups in total. The van der Waals surface area contributed by atoms with Gasteiger partial charge in [0.1, 0.15) is 0 Å². The predicted molar refractivity (Wildman–Crippen MR) is 85.7 cm³/mol. The van der Waals surface area contributed by atoms with Crippen molar-refractivity contribution in [1.29, 1.82) is 0 Å². The fourth-order valence-corrected chi connectivity index (χ4v) is 10.6. The second-order valence-corrected chi connectivity index (χ2v) is 16.5. The van der Waals surface area contributed by atoms with Crippen molar-refractivity contribution in [1.82, 2.24) is 0 Å². The first-order valence-corrected chi connectivity index (χ1v) is 14.1. The largest absolute Gasteiger partial charge is 0.456 e. The van der Waals surface area contributed by atoms with Crippen molar-refractivity contribution in [3.8, 4) is 0 Å². The quantitative estimate of drug-likeness (QED) is 0.478. The Morgan fingerprint density at radius 1 is 1.11 bits per heavy atom. The van der Waals surface area contributed by atoms with E-state index in [2.05, 4.69) is 39.7 Å². The van der Waals surface area contributed by atoms with Gasteiger partial charge in [0.25, 0.3) is 0 Å². The Bertz CT molecular complexity index is 265. The molecule has 1 rings (SSSR count). The molecule has 0 bridgehead atoms. The van der Waals surface area contributed by atoms with Crippen molar-refractivity contribution in [2.24, 2.45) is 5.41 Å². The average Bonchev–Trinajstić information content (AvgIpc) is 2.17. The Morgan fingerprint density at radius 3 is 2.16 bits per heavy atom. The van der Waals surface area contributed by atoms with Crippen molar-refractivity contribution in [2.75, 3.05) is 26.4 Å². The first-order chi connectivity index (χ1) is 8.68. The standard InChI is InChI=1S/C14H32O3Si2/c1-7-14(12-16-13-14)11-15-9-8-10-19(5,6)17-18(2,3)4/h7-13H2,1-6H3. The van der Waals surface area contributed by atoms with Gasteiger partial charge in [0.15, 0.2) is 16.6 Å². The number of rotatable bonds is 9. The van der Waals surface area contributed by atoms with E-state index < -0.39 is 16.6 Å². The summed E-state index contributed by atoms with van der Waals surface area (Å²) in [6.07, 6.45) is 2.29. The number of hydrogen-bond acceptors (Lipinski definition) is 3. The zero-order valence-electron chi connectivity index (χ0n) is 13.7. The molecular formula is C14H32O3Si2. The molecule has 0 unspecified atom stereocenters. The molecule has 1 aliphatic heterocycles. The minimum atomic E-state index is -1.48. The van der Waals surface area contributed by atoms with Gasteiger partial charge in [0.05, 0.1) is 19.8 Å². The van der Waals surface area contributed by atoms with E-state index in [-0.39, 0.29) is 0 Å². The molecule has 5 heteroatoms. The Labute approximate surface area is 121 Å². The molecule has 0 aromatic carbocycles. The van der Waals surface area contributed by atoms with E-state index in [0.717, 1.165) is 39.3 Å². The van der Waals surface area contributed by atoms with Crippen molar-refractivity contribution < 1.29 is 13.6 Å². The van der Waals surface area contributed by atoms with Crippen LogP contribution in [-0.4, -0.2) is 43.1 Å². The van der Waals surface area contributed by atoms with Crippen LogP contribution in [0.4, 0.5) is 0 Å². The van der Waals surface area contributed by atoms with E-state index in [1.54, 1.807) is 0 Å². The van der Waals surface area contributed by atoms with Crippen LogP contribution in [0.2, 0.25) is 38.8 Å². The third-order valence-corrected chi connectivity index (χ3v) is 9.84. The maximum absolute atomic E-state index is 6.33. The molecule has 0 atom stereocenters. The highest BCUT2D eigenvalue weighted by atomic mass is 28.4. The van der Waals surface area contributed by atoms with Crippen LogP contribution in [0.5, 0.6) is 0 Å². The van der Waals surface area contributed by atoms with E-state index in [4.69, 9.17) is 13.6 Å². The maximum atomic E-state index is 6.33. The van der Waals surface area contributed by atoms with Gasteiger partial charge in [-0.05, 0) is 51.6 Å². The van der Waals surface area contributed by atoms with Gasteiger partial charge in [-0.25, -0.2) is 0 Å². The molecule has 0 radical (unpaired) electrons. The van der Waals surface area contributed by atoms with Gasteiger partial charge < -0.3 is 13.6 Å². The van der Waals surface area contributed by atoms with Gasteiger partial charge in [-0.1, -0.05) is 6.92 Å². The van der Waals surface area contributed by atoms with Gasteiger partial charge in [0.2, 0.25) is 0 Å². The number of ether oxygens (including phenoxy) is 2. The summed E-state index contributed by atoms with van der Waals surface area (Å²) in [7, 11) is -2.87. The number of hydrogen-bond donors (Lipinski definition) is 0. The highest BCUT2D eigenvalue weighted by Crippen LogP contribution is 2.31. The average molecular weight is 305 g/mol. The summed E-state index contributed by atoms with van der Waals surface area (Å²) in [5, 5.41) is 0. The fourth-order valence-electron chi connectivity index (χ4n) is 2.55. The molecule has 0 saturated carbocycles. The minimum Gasteiger partial charge on any atom is -0.456 e. The molecule has 1 fully saturated rings. The summed E-state index contributed by atoms with van der Waals surface area (Å²) in [6, 6.07) is 1.20. The second-order valence-electron chi connectivity index (χ2n) is 7.48. The van der Waals surface area contributed by atoms with Gasteiger partial charge in [-0.15, -0.1) is 0 Å². The summed E-state index contributed by atoms with van der Waals surface area (Å²) in [5.74, 6) is 0. The second kappa shape index (κ2) is 6.85. The summed E-state index contributed by atoms with van der Waals surface area (Å²) >= 11 is 0. The van der Waals surface area contributed by atoms with Gasteiger partial charge in [0, 0.05) is 12.0 Å². The van der Waals surface area contributed by atoms with E-state index >= 15 is 0 Å². The lowest BCUT2D eigenvalue weighted by atomic mass is 9.84. The van der Waals surface area contributed by atoms with Crippen molar-refractivity contribution >= 4 is 16.6 Å². The minimum absolute atomic E-state index is 0.321. The van der Waals surface area contributed by atoms with E-state index in [9.17, 15) is 0 Å². The van der Waals surface area contributed by atoms with Crippen molar-refractivity contribution in [3.05, 3.63) is 0 Å². The topological polar surface area (TPSA) is 27.7 Å². The molecule has 0 spiro atoms. The first kappa shape index (κ1) is 17.4.